The van der Waals surface area contributed by atoms with Crippen LogP contribution in [-0.2, 0) is 0 Å². The second-order valence-corrected chi connectivity index (χ2v) is 2.04. The summed E-state index contributed by atoms with van der Waals surface area (Å²) in [5, 5.41) is 8.31. The van der Waals surface area contributed by atoms with Crippen LogP contribution in [0.2, 0.25) is 0 Å². The maximum absolute atomic E-state index is 11.7. The van der Waals surface area contributed by atoms with Crippen molar-refractivity contribution in [3.05, 3.63) is 24.0 Å². The second-order valence-electron chi connectivity index (χ2n) is 2.04. The molecule has 0 amide bonds. The number of rotatable bonds is 1. The summed E-state index contributed by atoms with van der Waals surface area (Å²) in [6.07, 6.45) is -3.67. The predicted molar refractivity (Wildman–Crippen MR) is 35.6 cm³/mol. The van der Waals surface area contributed by atoms with Crippen LogP contribution in [0.4, 0.5) is 13.2 Å². The van der Waals surface area contributed by atoms with Gasteiger partial charge in [0.05, 0.1) is 0 Å². The molecule has 0 aliphatic heterocycles. The molecule has 0 spiro atoms. The van der Waals surface area contributed by atoms with Crippen LogP contribution in [0.3, 0.4) is 0 Å². The summed E-state index contributed by atoms with van der Waals surface area (Å²) in [6.45, 7) is 0. The first-order valence-electron chi connectivity index (χ1n) is 3.13. The Balaban J connectivity index is 2.86. The van der Waals surface area contributed by atoms with Gasteiger partial charge in [-0.3, -0.25) is 0 Å². The van der Waals surface area contributed by atoms with E-state index in [0.29, 0.717) is 0 Å². The third-order valence-electron chi connectivity index (χ3n) is 1.08. The number of hydrogen-bond acceptors (Lipinski definition) is 3. The van der Waals surface area contributed by atoms with Crippen molar-refractivity contribution in [2.75, 3.05) is 0 Å². The van der Waals surface area contributed by atoms with Crippen molar-refractivity contribution >= 4 is 0 Å². The van der Waals surface area contributed by atoms with Gasteiger partial charge in [0.2, 0.25) is 0 Å². The van der Waals surface area contributed by atoms with E-state index in [9.17, 15) is 13.2 Å². The molecule has 0 bridgehead atoms. The fraction of sp³-hybridized carbons (Fsp3) is 0.143. The molecule has 0 atom stereocenters. The number of nitrogens with zero attached hydrogens (tertiary/aromatic N) is 2. The summed E-state index contributed by atoms with van der Waals surface area (Å²) in [5.41, 5.74) is -0.123. The molecule has 1 aromatic heterocycles. The summed E-state index contributed by atoms with van der Waals surface area (Å²) in [4.78, 5) is 3.48. The van der Waals surface area contributed by atoms with Crippen molar-refractivity contribution in [2.24, 2.45) is 0 Å². The van der Waals surface area contributed by atoms with Crippen molar-refractivity contribution in [2.45, 2.75) is 6.36 Å². The van der Waals surface area contributed by atoms with E-state index >= 15 is 0 Å². The SMILES string of the molecule is N#Cc1cc(OC(F)(F)F)ccn1. The molecular formula is C7H3F3N2O. The molecule has 1 aromatic rings. The summed E-state index contributed by atoms with van der Waals surface area (Å²) in [7, 11) is 0. The number of pyridine rings is 1. The minimum Gasteiger partial charge on any atom is -0.406 e. The first-order valence-corrected chi connectivity index (χ1v) is 3.13. The molecule has 0 aliphatic rings. The van der Waals surface area contributed by atoms with Crippen molar-refractivity contribution in [3.63, 3.8) is 0 Å². The zero-order valence-corrected chi connectivity index (χ0v) is 6.17. The van der Waals surface area contributed by atoms with E-state index in [2.05, 4.69) is 9.72 Å². The Morgan fingerprint density at radius 2 is 2.15 bits per heavy atom. The van der Waals surface area contributed by atoms with Gasteiger partial charge in [-0.05, 0) is 6.07 Å². The average Bonchev–Trinajstić information content (AvgIpc) is 2.01. The van der Waals surface area contributed by atoms with E-state index in [1.165, 1.54) is 0 Å². The lowest BCUT2D eigenvalue weighted by Crippen LogP contribution is -2.17. The van der Waals surface area contributed by atoms with E-state index < -0.39 is 12.1 Å². The highest BCUT2D eigenvalue weighted by Gasteiger charge is 2.31. The van der Waals surface area contributed by atoms with E-state index in [4.69, 9.17) is 5.26 Å². The molecule has 68 valence electrons. The first kappa shape index (κ1) is 9.32. The molecule has 6 heteroatoms. The van der Waals surface area contributed by atoms with Gasteiger partial charge in [0.1, 0.15) is 17.5 Å². The van der Waals surface area contributed by atoms with Gasteiger partial charge in [-0.2, -0.15) is 5.26 Å². The average molecular weight is 188 g/mol. The van der Waals surface area contributed by atoms with Crippen LogP contribution >= 0.6 is 0 Å². The van der Waals surface area contributed by atoms with Crippen molar-refractivity contribution < 1.29 is 17.9 Å². The van der Waals surface area contributed by atoms with Crippen LogP contribution in [-0.4, -0.2) is 11.3 Å². The Morgan fingerprint density at radius 1 is 1.46 bits per heavy atom. The van der Waals surface area contributed by atoms with Crippen molar-refractivity contribution in [1.82, 2.24) is 4.98 Å². The monoisotopic (exact) mass is 188 g/mol. The Bertz CT molecular complexity index is 342. The van der Waals surface area contributed by atoms with E-state index in [1.807, 2.05) is 0 Å². The number of aromatic nitrogens is 1. The minimum absolute atomic E-state index is 0.123. The maximum Gasteiger partial charge on any atom is 0.573 e. The molecule has 13 heavy (non-hydrogen) atoms. The predicted octanol–water partition coefficient (Wildman–Crippen LogP) is 1.85. The molecule has 1 heterocycles. The zero-order chi connectivity index (χ0) is 9.90. The van der Waals surface area contributed by atoms with Crippen LogP contribution < -0.4 is 4.74 Å². The fourth-order valence-electron chi connectivity index (χ4n) is 0.669. The Labute approximate surface area is 71.4 Å². The highest BCUT2D eigenvalue weighted by atomic mass is 19.4. The normalized spacial score (nSPS) is 10.6. The highest BCUT2D eigenvalue weighted by molar-refractivity contribution is 5.29. The van der Waals surface area contributed by atoms with Crippen LogP contribution in [0.5, 0.6) is 5.75 Å². The first-order chi connectivity index (χ1) is 6.01. The molecule has 3 nitrogen and oxygen atoms in total. The Kier molecular flexibility index (Phi) is 2.37. The van der Waals surface area contributed by atoms with E-state index in [1.54, 1.807) is 6.07 Å². The van der Waals surface area contributed by atoms with Crippen LogP contribution in [0.15, 0.2) is 18.3 Å². The van der Waals surface area contributed by atoms with E-state index in [-0.39, 0.29) is 5.69 Å². The highest BCUT2D eigenvalue weighted by Crippen LogP contribution is 2.22. The number of alkyl halides is 3. The van der Waals surface area contributed by atoms with Gasteiger partial charge >= 0.3 is 6.36 Å². The van der Waals surface area contributed by atoms with Gasteiger partial charge in [0.25, 0.3) is 0 Å². The molecule has 0 fully saturated rings. The molecule has 0 radical (unpaired) electrons. The summed E-state index contributed by atoms with van der Waals surface area (Å²) >= 11 is 0. The summed E-state index contributed by atoms with van der Waals surface area (Å²) in [5.74, 6) is -0.445. The molecule has 0 saturated carbocycles. The summed E-state index contributed by atoms with van der Waals surface area (Å²) < 4.78 is 38.5. The molecule has 0 aliphatic carbocycles. The van der Waals surface area contributed by atoms with Crippen LogP contribution in [0.25, 0.3) is 0 Å². The standard InChI is InChI=1S/C7H3F3N2O/c8-7(9,10)13-6-1-2-12-5(3-6)4-11/h1-3H. The zero-order valence-electron chi connectivity index (χ0n) is 6.17. The van der Waals surface area contributed by atoms with Crippen LogP contribution in [0, 0.1) is 11.3 Å². The molecule has 0 aromatic carbocycles. The third kappa shape index (κ3) is 2.99. The van der Waals surface area contributed by atoms with Crippen molar-refractivity contribution in [1.29, 1.82) is 5.26 Å². The maximum atomic E-state index is 11.7. The van der Waals surface area contributed by atoms with E-state index in [0.717, 1.165) is 18.3 Å². The van der Waals surface area contributed by atoms with Gasteiger partial charge in [0, 0.05) is 12.3 Å². The molecule has 1 rings (SSSR count). The van der Waals surface area contributed by atoms with Gasteiger partial charge in [-0.1, -0.05) is 0 Å². The van der Waals surface area contributed by atoms with Gasteiger partial charge in [0.15, 0.2) is 0 Å². The topological polar surface area (TPSA) is 45.9 Å². The molecule has 0 N–H and O–H groups in total. The number of halogens is 3. The van der Waals surface area contributed by atoms with Gasteiger partial charge < -0.3 is 4.74 Å². The Morgan fingerprint density at radius 3 is 2.69 bits per heavy atom. The minimum atomic E-state index is -4.74. The Hall–Kier alpha value is -1.77. The number of nitriles is 1. The fourth-order valence-corrected chi connectivity index (χ4v) is 0.669. The molecule has 0 saturated heterocycles. The molecule has 0 unspecified atom stereocenters. The lowest BCUT2D eigenvalue weighted by molar-refractivity contribution is -0.274. The van der Waals surface area contributed by atoms with Crippen molar-refractivity contribution in [3.8, 4) is 11.8 Å². The third-order valence-corrected chi connectivity index (χ3v) is 1.08. The number of hydrogen-bond donors (Lipinski definition) is 0. The number of ether oxygens (including phenoxy) is 1. The largest absolute Gasteiger partial charge is 0.573 e. The lowest BCUT2D eigenvalue weighted by Gasteiger charge is -2.07. The lowest BCUT2D eigenvalue weighted by atomic mass is 10.3. The van der Waals surface area contributed by atoms with Gasteiger partial charge in [-0.25, -0.2) is 4.98 Å². The summed E-state index contributed by atoms with van der Waals surface area (Å²) in [6, 6.07) is 3.53. The van der Waals surface area contributed by atoms with Crippen LogP contribution in [0.1, 0.15) is 5.69 Å². The molecular weight excluding hydrogens is 185 g/mol. The smallest absolute Gasteiger partial charge is 0.406 e. The van der Waals surface area contributed by atoms with Gasteiger partial charge in [-0.15, -0.1) is 13.2 Å². The quantitative estimate of drug-likeness (QED) is 0.675. The second kappa shape index (κ2) is 3.31.